The van der Waals surface area contributed by atoms with Crippen LogP contribution in [0.25, 0.3) is 0 Å². The van der Waals surface area contributed by atoms with Gasteiger partial charge in [-0.25, -0.2) is 8.42 Å². The number of anilines is 1. The van der Waals surface area contributed by atoms with Crippen molar-refractivity contribution in [2.45, 2.75) is 43.2 Å². The predicted molar refractivity (Wildman–Crippen MR) is 115 cm³/mol. The summed E-state index contributed by atoms with van der Waals surface area (Å²) in [5.41, 5.74) is 2.08. The number of alkyl halides is 3. The van der Waals surface area contributed by atoms with Crippen LogP contribution < -0.4 is 5.32 Å². The first-order valence-electron chi connectivity index (χ1n) is 10.4. The molecule has 1 N–H and O–H groups in total. The number of nitrogens with zero attached hydrogens (tertiary/aromatic N) is 1. The second kappa shape index (κ2) is 8.68. The summed E-state index contributed by atoms with van der Waals surface area (Å²) < 4.78 is 66.2. The van der Waals surface area contributed by atoms with Gasteiger partial charge in [-0.1, -0.05) is 17.7 Å². The highest BCUT2D eigenvalue weighted by molar-refractivity contribution is 7.89. The largest absolute Gasteiger partial charge is 0.417 e. The summed E-state index contributed by atoms with van der Waals surface area (Å²) in [5.74, 6) is -0.545. The van der Waals surface area contributed by atoms with Gasteiger partial charge in [-0.3, -0.25) is 4.79 Å². The number of piperidine rings is 1. The molecule has 10 heteroatoms. The Morgan fingerprint density at radius 3 is 2.41 bits per heavy atom. The van der Waals surface area contributed by atoms with Crippen molar-refractivity contribution in [2.75, 3.05) is 18.4 Å². The second-order valence-electron chi connectivity index (χ2n) is 8.14. The standard InChI is InChI=1S/C22H22ClF3N2O3S/c23-20-7-6-18(13-19(20)22(24,25)26)32(30,31)28-10-8-15(9-11-28)21(29)27-17-5-4-14-2-1-3-16(14)12-17/h4-7,12-13,15H,1-3,8-11H2,(H,27,29). The van der Waals surface area contributed by atoms with Crippen LogP contribution in [-0.4, -0.2) is 31.7 Å². The van der Waals surface area contributed by atoms with Gasteiger partial charge in [0.25, 0.3) is 0 Å². The van der Waals surface area contributed by atoms with Crippen molar-refractivity contribution in [3.8, 4) is 0 Å². The lowest BCUT2D eigenvalue weighted by atomic mass is 9.97. The Morgan fingerprint density at radius 2 is 1.72 bits per heavy atom. The quantitative estimate of drug-likeness (QED) is 0.669. The molecule has 0 radical (unpaired) electrons. The van der Waals surface area contributed by atoms with Crippen molar-refractivity contribution >= 4 is 33.2 Å². The molecule has 5 nitrogen and oxygen atoms in total. The summed E-state index contributed by atoms with van der Waals surface area (Å²) in [5, 5.41) is 2.35. The number of amides is 1. The maximum absolute atomic E-state index is 13.1. The molecule has 2 aliphatic rings. The van der Waals surface area contributed by atoms with Gasteiger partial charge >= 0.3 is 6.18 Å². The van der Waals surface area contributed by atoms with E-state index in [1.807, 2.05) is 18.2 Å². The van der Waals surface area contributed by atoms with Gasteiger partial charge in [0.1, 0.15) is 0 Å². The Kier molecular flexibility index (Phi) is 6.26. The van der Waals surface area contributed by atoms with Crippen LogP contribution in [0.3, 0.4) is 0 Å². The fourth-order valence-electron chi connectivity index (χ4n) is 4.28. The third kappa shape index (κ3) is 4.65. The highest BCUT2D eigenvalue weighted by Crippen LogP contribution is 2.37. The molecule has 1 amide bonds. The first-order valence-corrected chi connectivity index (χ1v) is 12.2. The molecule has 172 valence electrons. The molecule has 2 aromatic rings. The number of halogens is 4. The van der Waals surface area contributed by atoms with Gasteiger partial charge in [-0.05, 0) is 73.6 Å². The lowest BCUT2D eigenvalue weighted by Gasteiger charge is -2.30. The second-order valence-corrected chi connectivity index (χ2v) is 10.5. The third-order valence-electron chi connectivity index (χ3n) is 6.07. The summed E-state index contributed by atoms with van der Waals surface area (Å²) in [6.45, 7) is 0.100. The molecule has 0 unspecified atom stereocenters. The number of fused-ring (bicyclic) bond motifs is 1. The predicted octanol–water partition coefficient (Wildman–Crippen LogP) is 4.89. The SMILES string of the molecule is O=C(Nc1ccc2c(c1)CCC2)C1CCN(S(=O)(=O)c2ccc(Cl)c(C(F)(F)F)c2)CC1. The van der Waals surface area contributed by atoms with Crippen LogP contribution in [-0.2, 0) is 33.8 Å². The Bertz CT molecular complexity index is 1140. The monoisotopic (exact) mass is 486 g/mol. The molecule has 0 saturated carbocycles. The maximum Gasteiger partial charge on any atom is 0.417 e. The zero-order valence-electron chi connectivity index (χ0n) is 17.1. The fraction of sp³-hybridized carbons (Fsp3) is 0.409. The number of nitrogens with one attached hydrogen (secondary N) is 1. The Hall–Kier alpha value is -2.10. The molecule has 2 aromatic carbocycles. The Balaban J connectivity index is 1.41. The normalized spacial score (nSPS) is 17.9. The van der Waals surface area contributed by atoms with E-state index in [4.69, 9.17) is 11.6 Å². The molecule has 0 atom stereocenters. The average molecular weight is 487 g/mol. The van der Waals surface area contributed by atoms with E-state index >= 15 is 0 Å². The molecule has 0 aromatic heterocycles. The number of carbonyl (C=O) groups is 1. The van der Waals surface area contributed by atoms with E-state index < -0.39 is 31.7 Å². The highest BCUT2D eigenvalue weighted by atomic mass is 35.5. The van der Waals surface area contributed by atoms with Crippen LogP contribution in [0.2, 0.25) is 5.02 Å². The van der Waals surface area contributed by atoms with E-state index in [1.54, 1.807) is 0 Å². The van der Waals surface area contributed by atoms with E-state index in [0.717, 1.165) is 41.4 Å². The molecule has 4 rings (SSSR count). The van der Waals surface area contributed by atoms with E-state index in [0.29, 0.717) is 6.07 Å². The number of sulfonamides is 1. The molecule has 1 heterocycles. The lowest BCUT2D eigenvalue weighted by Crippen LogP contribution is -2.41. The van der Waals surface area contributed by atoms with Crippen LogP contribution >= 0.6 is 11.6 Å². The van der Waals surface area contributed by atoms with E-state index in [-0.39, 0.29) is 37.8 Å². The van der Waals surface area contributed by atoms with Gasteiger partial charge in [-0.15, -0.1) is 0 Å². The van der Waals surface area contributed by atoms with E-state index in [9.17, 15) is 26.4 Å². The number of hydrogen-bond acceptors (Lipinski definition) is 3. The van der Waals surface area contributed by atoms with Gasteiger partial charge in [0.15, 0.2) is 0 Å². The lowest BCUT2D eigenvalue weighted by molar-refractivity contribution is -0.137. The summed E-state index contributed by atoms with van der Waals surface area (Å²) >= 11 is 5.60. The molecule has 32 heavy (non-hydrogen) atoms. The van der Waals surface area contributed by atoms with Crippen LogP contribution in [0.4, 0.5) is 18.9 Å². The van der Waals surface area contributed by atoms with Crippen molar-refractivity contribution in [3.63, 3.8) is 0 Å². The molecule has 1 aliphatic carbocycles. The first kappa shape index (κ1) is 23.1. The van der Waals surface area contributed by atoms with Crippen molar-refractivity contribution in [1.82, 2.24) is 4.31 Å². The smallest absolute Gasteiger partial charge is 0.326 e. The fourth-order valence-corrected chi connectivity index (χ4v) is 6.00. The highest BCUT2D eigenvalue weighted by Gasteiger charge is 2.37. The average Bonchev–Trinajstić information content (AvgIpc) is 3.21. The van der Waals surface area contributed by atoms with Crippen molar-refractivity contribution < 1.29 is 26.4 Å². The topological polar surface area (TPSA) is 66.5 Å². The molecular formula is C22H22ClF3N2O3S. The van der Waals surface area contributed by atoms with Crippen LogP contribution in [0.15, 0.2) is 41.3 Å². The van der Waals surface area contributed by atoms with Gasteiger partial charge in [0, 0.05) is 24.7 Å². The molecule has 0 spiro atoms. The number of benzene rings is 2. The summed E-state index contributed by atoms with van der Waals surface area (Å²) in [4.78, 5) is 12.2. The van der Waals surface area contributed by atoms with Crippen molar-refractivity contribution in [1.29, 1.82) is 0 Å². The van der Waals surface area contributed by atoms with Crippen LogP contribution in [0.5, 0.6) is 0 Å². The number of hydrogen-bond donors (Lipinski definition) is 1. The summed E-state index contributed by atoms with van der Waals surface area (Å²) in [6.07, 6.45) is -1.03. The zero-order chi connectivity index (χ0) is 23.1. The Labute approximate surface area is 189 Å². The molecule has 1 saturated heterocycles. The summed E-state index contributed by atoms with van der Waals surface area (Å²) in [7, 11) is -4.13. The minimum absolute atomic E-state index is 0.0502. The minimum Gasteiger partial charge on any atom is -0.326 e. The minimum atomic E-state index is -4.76. The van der Waals surface area contributed by atoms with Gasteiger partial charge in [0.2, 0.25) is 15.9 Å². The molecular weight excluding hydrogens is 465 g/mol. The number of carbonyl (C=O) groups excluding carboxylic acids is 1. The van der Waals surface area contributed by atoms with Gasteiger partial charge in [-0.2, -0.15) is 17.5 Å². The molecule has 0 bridgehead atoms. The van der Waals surface area contributed by atoms with Crippen LogP contribution in [0.1, 0.15) is 36.0 Å². The number of rotatable bonds is 4. The van der Waals surface area contributed by atoms with Crippen molar-refractivity contribution in [3.05, 3.63) is 58.1 Å². The van der Waals surface area contributed by atoms with Crippen molar-refractivity contribution in [2.24, 2.45) is 5.92 Å². The summed E-state index contributed by atoms with van der Waals surface area (Å²) in [6, 6.07) is 8.45. The molecule has 1 aliphatic heterocycles. The molecule has 1 fully saturated rings. The van der Waals surface area contributed by atoms with Crippen LogP contribution in [0, 0.1) is 5.92 Å². The third-order valence-corrected chi connectivity index (χ3v) is 8.30. The van der Waals surface area contributed by atoms with Gasteiger partial charge in [0.05, 0.1) is 15.5 Å². The van der Waals surface area contributed by atoms with Gasteiger partial charge < -0.3 is 5.32 Å². The zero-order valence-corrected chi connectivity index (χ0v) is 18.7. The number of aryl methyl sites for hydroxylation is 2. The maximum atomic E-state index is 13.1. The van der Waals surface area contributed by atoms with E-state index in [2.05, 4.69) is 5.32 Å². The first-order chi connectivity index (χ1) is 15.1. The Morgan fingerprint density at radius 1 is 1.03 bits per heavy atom. The van der Waals surface area contributed by atoms with E-state index in [1.165, 1.54) is 11.1 Å².